The van der Waals surface area contributed by atoms with Crippen LogP contribution in [0.1, 0.15) is 23.3 Å². The van der Waals surface area contributed by atoms with Crippen LogP contribution >= 0.6 is 11.6 Å². The van der Waals surface area contributed by atoms with Gasteiger partial charge in [-0.2, -0.15) is 0 Å². The second-order valence-electron chi connectivity index (χ2n) is 5.47. The van der Waals surface area contributed by atoms with Gasteiger partial charge in [0.2, 0.25) is 0 Å². The van der Waals surface area contributed by atoms with Gasteiger partial charge in [-0.3, -0.25) is 4.79 Å². The molecule has 0 saturated carbocycles. The van der Waals surface area contributed by atoms with Gasteiger partial charge >= 0.3 is 0 Å². The normalized spacial score (nSPS) is 18.5. The maximum absolute atomic E-state index is 12.5. The monoisotopic (exact) mass is 319 g/mol. The fourth-order valence-electron chi connectivity index (χ4n) is 2.71. The highest BCUT2D eigenvalue weighted by Crippen LogP contribution is 2.24. The fraction of sp³-hybridized carbons (Fsp3) is 0.375. The third-order valence-corrected chi connectivity index (χ3v) is 4.19. The summed E-state index contributed by atoms with van der Waals surface area (Å²) in [6.07, 6.45) is 2.09. The first kappa shape index (κ1) is 15.1. The molecule has 1 fully saturated rings. The van der Waals surface area contributed by atoms with Crippen molar-refractivity contribution in [1.82, 2.24) is 15.4 Å². The fourth-order valence-corrected chi connectivity index (χ4v) is 2.90. The summed E-state index contributed by atoms with van der Waals surface area (Å²) in [7, 11) is 1.92. The number of benzene rings is 1. The van der Waals surface area contributed by atoms with Gasteiger partial charge < -0.3 is 14.7 Å². The molecule has 6 heteroatoms. The first-order chi connectivity index (χ1) is 10.7. The average molecular weight is 320 g/mol. The molecule has 0 spiro atoms. The number of carbonyl (C=O) groups excluding carboxylic acids is 1. The maximum atomic E-state index is 12.5. The molecule has 1 aromatic heterocycles. The molecule has 0 aliphatic carbocycles. The van der Waals surface area contributed by atoms with Gasteiger partial charge in [0, 0.05) is 35.8 Å². The van der Waals surface area contributed by atoms with E-state index in [-0.39, 0.29) is 5.91 Å². The van der Waals surface area contributed by atoms with Crippen LogP contribution in [0.3, 0.4) is 0 Å². The number of likely N-dealkylation sites (N-methyl/N-ethyl adjacent to an activating group) is 1. The minimum absolute atomic E-state index is 0.0861. The largest absolute Gasteiger partial charge is 0.355 e. The lowest BCUT2D eigenvalue weighted by Gasteiger charge is -2.31. The van der Waals surface area contributed by atoms with E-state index in [1.165, 1.54) is 0 Å². The molecule has 1 aliphatic heterocycles. The van der Waals surface area contributed by atoms with Crippen LogP contribution in [0.25, 0.3) is 11.3 Å². The number of rotatable bonds is 3. The number of amides is 1. The molecule has 5 nitrogen and oxygen atoms in total. The Bertz CT molecular complexity index is 671. The molecule has 1 N–H and O–H groups in total. The van der Waals surface area contributed by atoms with Crippen molar-refractivity contribution in [3.63, 3.8) is 0 Å². The second-order valence-corrected chi connectivity index (χ2v) is 5.90. The standard InChI is InChI=1S/C16H18ClN3O2/c1-18-13-6-3-7-20(10-13)16(21)14-9-15(22-19-14)11-4-2-5-12(17)8-11/h2,4-5,8-9,13,18H,3,6-7,10H2,1H3. The number of halogens is 1. The Morgan fingerprint density at radius 1 is 1.45 bits per heavy atom. The molecule has 1 amide bonds. The molecule has 1 atom stereocenters. The van der Waals surface area contributed by atoms with Crippen molar-refractivity contribution >= 4 is 17.5 Å². The van der Waals surface area contributed by atoms with Crippen LogP contribution in [-0.4, -0.2) is 42.1 Å². The number of aromatic nitrogens is 1. The van der Waals surface area contributed by atoms with Crippen LogP contribution in [-0.2, 0) is 0 Å². The maximum Gasteiger partial charge on any atom is 0.276 e. The van der Waals surface area contributed by atoms with Gasteiger partial charge in [0.15, 0.2) is 11.5 Å². The molecule has 22 heavy (non-hydrogen) atoms. The van der Waals surface area contributed by atoms with Crippen LogP contribution in [0, 0.1) is 0 Å². The molecule has 0 bridgehead atoms. The number of piperidine rings is 1. The Labute approximate surface area is 134 Å². The summed E-state index contributed by atoms with van der Waals surface area (Å²) in [5.74, 6) is 0.463. The average Bonchev–Trinajstić information content (AvgIpc) is 3.04. The van der Waals surface area contributed by atoms with E-state index < -0.39 is 0 Å². The Hall–Kier alpha value is -1.85. The van der Waals surface area contributed by atoms with Gasteiger partial charge in [-0.25, -0.2) is 0 Å². The quantitative estimate of drug-likeness (QED) is 0.945. The Morgan fingerprint density at radius 3 is 3.09 bits per heavy atom. The van der Waals surface area contributed by atoms with Gasteiger partial charge in [0.1, 0.15) is 0 Å². The summed E-state index contributed by atoms with van der Waals surface area (Å²) in [6, 6.07) is 9.31. The summed E-state index contributed by atoms with van der Waals surface area (Å²) in [5, 5.41) is 7.76. The first-order valence-corrected chi connectivity index (χ1v) is 7.74. The highest BCUT2D eigenvalue weighted by molar-refractivity contribution is 6.30. The van der Waals surface area contributed by atoms with Crippen LogP contribution in [0.2, 0.25) is 5.02 Å². The van der Waals surface area contributed by atoms with Crippen LogP contribution in [0.5, 0.6) is 0 Å². The molecule has 1 aromatic carbocycles. The topological polar surface area (TPSA) is 58.4 Å². The SMILES string of the molecule is CNC1CCCN(C(=O)c2cc(-c3cccc(Cl)c3)on2)C1. The van der Waals surface area contributed by atoms with Gasteiger partial charge in [-0.05, 0) is 32.0 Å². The third-order valence-electron chi connectivity index (χ3n) is 3.96. The van der Waals surface area contributed by atoms with E-state index in [0.29, 0.717) is 29.1 Å². The molecule has 1 unspecified atom stereocenters. The summed E-state index contributed by atoms with van der Waals surface area (Å²) < 4.78 is 5.30. The van der Waals surface area contributed by atoms with E-state index in [1.807, 2.05) is 24.1 Å². The zero-order valence-corrected chi connectivity index (χ0v) is 13.1. The van der Waals surface area contributed by atoms with Crippen molar-refractivity contribution < 1.29 is 9.32 Å². The summed E-state index contributed by atoms with van der Waals surface area (Å²) >= 11 is 5.97. The van der Waals surface area contributed by atoms with Crippen LogP contribution in [0.15, 0.2) is 34.9 Å². The molecule has 116 valence electrons. The molecular formula is C16H18ClN3O2. The zero-order valence-electron chi connectivity index (χ0n) is 12.4. The summed E-state index contributed by atoms with van der Waals surface area (Å²) in [4.78, 5) is 14.3. The minimum Gasteiger partial charge on any atom is -0.355 e. The molecule has 1 saturated heterocycles. The van der Waals surface area contributed by atoms with Crippen LogP contribution < -0.4 is 5.32 Å². The van der Waals surface area contributed by atoms with Crippen molar-refractivity contribution in [2.45, 2.75) is 18.9 Å². The number of nitrogens with one attached hydrogen (secondary N) is 1. The Balaban J connectivity index is 1.77. The molecule has 1 aliphatic rings. The van der Waals surface area contributed by atoms with Gasteiger partial charge in [0.25, 0.3) is 5.91 Å². The van der Waals surface area contributed by atoms with Gasteiger partial charge in [0.05, 0.1) is 0 Å². The van der Waals surface area contributed by atoms with Gasteiger partial charge in [-0.1, -0.05) is 28.9 Å². The molecule has 2 aromatic rings. The van der Waals surface area contributed by atoms with Crippen molar-refractivity contribution in [3.8, 4) is 11.3 Å². The smallest absolute Gasteiger partial charge is 0.276 e. The second kappa shape index (κ2) is 6.50. The van der Waals surface area contributed by atoms with E-state index >= 15 is 0 Å². The molecule has 3 rings (SSSR count). The highest BCUT2D eigenvalue weighted by Gasteiger charge is 2.25. The molecular weight excluding hydrogens is 302 g/mol. The summed E-state index contributed by atoms with van der Waals surface area (Å²) in [6.45, 7) is 1.46. The number of hydrogen-bond acceptors (Lipinski definition) is 4. The van der Waals surface area contributed by atoms with E-state index in [4.69, 9.17) is 16.1 Å². The molecule has 0 radical (unpaired) electrons. The predicted molar refractivity (Wildman–Crippen MR) is 84.9 cm³/mol. The number of likely N-dealkylation sites (tertiary alicyclic amines) is 1. The first-order valence-electron chi connectivity index (χ1n) is 7.36. The van der Waals surface area contributed by atoms with E-state index in [2.05, 4.69) is 10.5 Å². The van der Waals surface area contributed by atoms with E-state index in [1.54, 1.807) is 18.2 Å². The number of carbonyl (C=O) groups is 1. The lowest BCUT2D eigenvalue weighted by molar-refractivity contribution is 0.0688. The van der Waals surface area contributed by atoms with Crippen molar-refractivity contribution in [1.29, 1.82) is 0 Å². The molecule has 2 heterocycles. The number of nitrogens with zero attached hydrogens (tertiary/aromatic N) is 2. The Morgan fingerprint density at radius 2 is 2.32 bits per heavy atom. The summed E-state index contributed by atoms with van der Waals surface area (Å²) in [5.41, 5.74) is 1.15. The van der Waals surface area contributed by atoms with E-state index in [0.717, 1.165) is 24.9 Å². The number of hydrogen-bond donors (Lipinski definition) is 1. The van der Waals surface area contributed by atoms with Crippen molar-refractivity contribution in [2.24, 2.45) is 0 Å². The van der Waals surface area contributed by atoms with Crippen molar-refractivity contribution in [3.05, 3.63) is 41.0 Å². The minimum atomic E-state index is -0.0861. The highest BCUT2D eigenvalue weighted by atomic mass is 35.5. The zero-order chi connectivity index (χ0) is 15.5. The van der Waals surface area contributed by atoms with Gasteiger partial charge in [-0.15, -0.1) is 0 Å². The van der Waals surface area contributed by atoms with Crippen LogP contribution in [0.4, 0.5) is 0 Å². The third kappa shape index (κ3) is 3.15. The predicted octanol–water partition coefficient (Wildman–Crippen LogP) is 2.82. The van der Waals surface area contributed by atoms with E-state index in [9.17, 15) is 4.79 Å². The lowest BCUT2D eigenvalue weighted by atomic mass is 10.1. The van der Waals surface area contributed by atoms with Crippen molar-refractivity contribution in [2.75, 3.05) is 20.1 Å². The Kier molecular flexibility index (Phi) is 4.45. The lowest BCUT2D eigenvalue weighted by Crippen LogP contribution is -2.47.